The molecule has 0 saturated carbocycles. The highest BCUT2D eigenvalue weighted by molar-refractivity contribution is 5.90. The van der Waals surface area contributed by atoms with E-state index in [4.69, 9.17) is 9.47 Å². The van der Waals surface area contributed by atoms with Crippen molar-refractivity contribution in [2.24, 2.45) is 0 Å². The third-order valence-electron chi connectivity index (χ3n) is 5.23. The molecule has 7 heteroatoms. The zero-order valence-electron chi connectivity index (χ0n) is 18.7. The third kappa shape index (κ3) is 5.38. The van der Waals surface area contributed by atoms with Crippen LogP contribution >= 0.6 is 0 Å². The van der Waals surface area contributed by atoms with Crippen LogP contribution in [0, 0.1) is 0 Å². The summed E-state index contributed by atoms with van der Waals surface area (Å²) in [7, 11) is 3.20. The van der Waals surface area contributed by atoms with Crippen molar-refractivity contribution in [2.75, 3.05) is 20.8 Å². The van der Waals surface area contributed by atoms with Gasteiger partial charge in [0.05, 0.1) is 19.9 Å². The maximum absolute atomic E-state index is 12.8. The van der Waals surface area contributed by atoms with E-state index in [9.17, 15) is 4.79 Å². The van der Waals surface area contributed by atoms with Gasteiger partial charge in [0.25, 0.3) is 5.91 Å². The first-order valence-corrected chi connectivity index (χ1v) is 10.7. The van der Waals surface area contributed by atoms with Crippen molar-refractivity contribution in [1.82, 2.24) is 20.1 Å². The lowest BCUT2D eigenvalue weighted by molar-refractivity contribution is 0.0944. The van der Waals surface area contributed by atoms with E-state index in [1.807, 2.05) is 78.9 Å². The van der Waals surface area contributed by atoms with Crippen LogP contribution in [0.25, 0.3) is 5.69 Å². The molecule has 1 N–H and O–H groups in total. The van der Waals surface area contributed by atoms with Crippen molar-refractivity contribution in [3.05, 3.63) is 102 Å². The molecule has 0 saturated heterocycles. The average Bonchev–Trinajstić information content (AvgIpc) is 3.29. The molecule has 33 heavy (non-hydrogen) atoms. The standard InChI is InChI=1S/C26H26N4O3/c1-32-22-14-13-20(17-23(22)33-2)15-16-27-26(31)25-28-24(18-19-9-5-3-6-10-19)30(29-25)21-11-7-4-8-12-21/h3-14,17H,15-16,18H2,1-2H3,(H,27,31). The monoisotopic (exact) mass is 442 g/mol. The molecule has 7 nitrogen and oxygen atoms in total. The number of carbonyl (C=O) groups excluding carboxylic acids is 1. The molecule has 0 atom stereocenters. The number of para-hydroxylation sites is 1. The summed E-state index contributed by atoms with van der Waals surface area (Å²) in [5, 5.41) is 7.43. The van der Waals surface area contributed by atoms with Crippen molar-refractivity contribution in [1.29, 1.82) is 0 Å². The first kappa shape index (κ1) is 22.1. The quantitative estimate of drug-likeness (QED) is 0.426. The highest BCUT2D eigenvalue weighted by atomic mass is 16.5. The van der Waals surface area contributed by atoms with E-state index < -0.39 is 0 Å². The van der Waals surface area contributed by atoms with Crippen LogP contribution in [0.2, 0.25) is 0 Å². The Morgan fingerprint density at radius 2 is 1.58 bits per heavy atom. The van der Waals surface area contributed by atoms with Crippen LogP contribution in [-0.4, -0.2) is 41.4 Å². The topological polar surface area (TPSA) is 78.3 Å². The summed E-state index contributed by atoms with van der Waals surface area (Å²) in [4.78, 5) is 17.4. The lowest BCUT2D eigenvalue weighted by Gasteiger charge is -2.09. The number of carbonyl (C=O) groups is 1. The summed E-state index contributed by atoms with van der Waals surface area (Å²) in [6.45, 7) is 0.447. The Kier molecular flexibility index (Phi) is 6.99. The molecule has 1 heterocycles. The van der Waals surface area contributed by atoms with E-state index >= 15 is 0 Å². The maximum atomic E-state index is 12.8. The number of hydrogen-bond donors (Lipinski definition) is 1. The number of benzene rings is 3. The van der Waals surface area contributed by atoms with E-state index in [1.54, 1.807) is 18.9 Å². The number of nitrogens with zero attached hydrogens (tertiary/aromatic N) is 3. The van der Waals surface area contributed by atoms with Gasteiger partial charge in [0.2, 0.25) is 5.82 Å². The Morgan fingerprint density at radius 1 is 0.879 bits per heavy atom. The first-order valence-electron chi connectivity index (χ1n) is 10.7. The summed E-state index contributed by atoms with van der Waals surface area (Å²) in [5.74, 6) is 1.89. The molecule has 0 radical (unpaired) electrons. The summed E-state index contributed by atoms with van der Waals surface area (Å²) in [6.07, 6.45) is 1.21. The van der Waals surface area contributed by atoms with E-state index in [2.05, 4.69) is 15.4 Å². The molecular formula is C26H26N4O3. The van der Waals surface area contributed by atoms with Gasteiger partial charge in [-0.2, -0.15) is 0 Å². The van der Waals surface area contributed by atoms with Gasteiger partial charge in [-0.1, -0.05) is 54.6 Å². The first-order chi connectivity index (χ1) is 16.2. The van der Waals surface area contributed by atoms with Crippen LogP contribution in [-0.2, 0) is 12.8 Å². The molecule has 0 spiro atoms. The molecule has 4 rings (SSSR count). The van der Waals surface area contributed by atoms with Crippen LogP contribution < -0.4 is 14.8 Å². The Morgan fingerprint density at radius 3 is 2.27 bits per heavy atom. The van der Waals surface area contributed by atoms with Gasteiger partial charge in [-0.25, -0.2) is 9.67 Å². The van der Waals surface area contributed by atoms with Crippen LogP contribution in [0.5, 0.6) is 11.5 Å². The number of hydrogen-bond acceptors (Lipinski definition) is 5. The van der Waals surface area contributed by atoms with Gasteiger partial charge < -0.3 is 14.8 Å². The number of rotatable bonds is 9. The molecule has 0 bridgehead atoms. The number of amides is 1. The second kappa shape index (κ2) is 10.5. The van der Waals surface area contributed by atoms with E-state index in [1.165, 1.54) is 0 Å². The molecule has 3 aromatic carbocycles. The van der Waals surface area contributed by atoms with Crippen molar-refractivity contribution in [2.45, 2.75) is 12.8 Å². The lowest BCUT2D eigenvalue weighted by atomic mass is 10.1. The van der Waals surface area contributed by atoms with Crippen LogP contribution in [0.15, 0.2) is 78.9 Å². The third-order valence-corrected chi connectivity index (χ3v) is 5.23. The zero-order chi connectivity index (χ0) is 23.0. The van der Waals surface area contributed by atoms with Gasteiger partial charge in [-0.3, -0.25) is 4.79 Å². The van der Waals surface area contributed by atoms with Gasteiger partial charge in [-0.05, 0) is 41.8 Å². The van der Waals surface area contributed by atoms with Gasteiger partial charge in [0, 0.05) is 13.0 Å². The fourth-order valence-corrected chi connectivity index (χ4v) is 3.54. The minimum Gasteiger partial charge on any atom is -0.493 e. The fourth-order valence-electron chi connectivity index (χ4n) is 3.54. The predicted octanol–water partition coefficient (Wildman–Crippen LogP) is 3.85. The minimum absolute atomic E-state index is 0.150. The Balaban J connectivity index is 1.48. The summed E-state index contributed by atoms with van der Waals surface area (Å²) in [5.41, 5.74) is 2.99. The average molecular weight is 443 g/mol. The molecule has 1 aromatic heterocycles. The largest absolute Gasteiger partial charge is 0.493 e. The molecular weight excluding hydrogens is 416 g/mol. The van der Waals surface area contributed by atoms with E-state index in [-0.39, 0.29) is 11.7 Å². The predicted molar refractivity (Wildman–Crippen MR) is 126 cm³/mol. The number of nitrogens with one attached hydrogen (secondary N) is 1. The maximum Gasteiger partial charge on any atom is 0.290 e. The molecule has 0 aliphatic carbocycles. The fraction of sp³-hybridized carbons (Fsp3) is 0.192. The highest BCUT2D eigenvalue weighted by Gasteiger charge is 2.17. The smallest absolute Gasteiger partial charge is 0.290 e. The van der Waals surface area contributed by atoms with Crippen molar-refractivity contribution in [3.63, 3.8) is 0 Å². The van der Waals surface area contributed by atoms with Gasteiger partial charge >= 0.3 is 0 Å². The Bertz CT molecular complexity index is 1210. The molecule has 0 aliphatic heterocycles. The van der Waals surface area contributed by atoms with Crippen LogP contribution in [0.4, 0.5) is 0 Å². The normalized spacial score (nSPS) is 10.6. The van der Waals surface area contributed by atoms with Crippen molar-refractivity contribution >= 4 is 5.91 Å². The summed E-state index contributed by atoms with van der Waals surface area (Å²) < 4.78 is 12.3. The van der Waals surface area contributed by atoms with Gasteiger partial charge in [0.1, 0.15) is 5.82 Å². The Labute approximate surface area is 193 Å². The van der Waals surface area contributed by atoms with Gasteiger partial charge in [0.15, 0.2) is 11.5 Å². The highest BCUT2D eigenvalue weighted by Crippen LogP contribution is 2.27. The molecule has 0 unspecified atom stereocenters. The molecule has 0 aliphatic rings. The van der Waals surface area contributed by atoms with E-state index in [0.717, 1.165) is 16.8 Å². The zero-order valence-corrected chi connectivity index (χ0v) is 18.7. The SMILES string of the molecule is COc1ccc(CCNC(=O)c2nc(Cc3ccccc3)n(-c3ccccc3)n2)cc1OC. The summed E-state index contributed by atoms with van der Waals surface area (Å²) >= 11 is 0. The Hall–Kier alpha value is -4.13. The number of ether oxygens (including phenoxy) is 2. The molecule has 4 aromatic rings. The second-order valence-corrected chi connectivity index (χ2v) is 7.46. The number of methoxy groups -OCH3 is 2. The van der Waals surface area contributed by atoms with E-state index in [0.29, 0.717) is 36.7 Å². The minimum atomic E-state index is -0.306. The molecule has 168 valence electrons. The summed E-state index contributed by atoms with van der Waals surface area (Å²) in [6, 6.07) is 25.4. The number of aromatic nitrogens is 3. The van der Waals surface area contributed by atoms with Crippen LogP contribution in [0.3, 0.4) is 0 Å². The van der Waals surface area contributed by atoms with Gasteiger partial charge in [-0.15, -0.1) is 5.10 Å². The van der Waals surface area contributed by atoms with Crippen molar-refractivity contribution in [3.8, 4) is 17.2 Å². The lowest BCUT2D eigenvalue weighted by Crippen LogP contribution is -2.27. The molecule has 1 amide bonds. The van der Waals surface area contributed by atoms with Crippen LogP contribution in [0.1, 0.15) is 27.6 Å². The molecule has 0 fully saturated rings. The van der Waals surface area contributed by atoms with Crippen molar-refractivity contribution < 1.29 is 14.3 Å². The second-order valence-electron chi connectivity index (χ2n) is 7.46.